The van der Waals surface area contributed by atoms with E-state index < -0.39 is 0 Å². The summed E-state index contributed by atoms with van der Waals surface area (Å²) in [5.41, 5.74) is 13.5. The van der Waals surface area contributed by atoms with Gasteiger partial charge in [0, 0.05) is 49.6 Å². The van der Waals surface area contributed by atoms with E-state index in [9.17, 15) is 0 Å². The maximum atomic E-state index is 5.49. The molecule has 3 aliphatic heterocycles. The summed E-state index contributed by atoms with van der Waals surface area (Å²) in [6.45, 7) is 4.69. The van der Waals surface area contributed by atoms with Crippen molar-refractivity contribution in [3.63, 3.8) is 0 Å². The number of nitrogens with zero attached hydrogens (tertiary/aromatic N) is 5. The average molecular weight is 688 g/mol. The minimum atomic E-state index is -0.256. The monoisotopic (exact) mass is 687 g/mol. The standard InChI is InChI=1S/C46H33N5S/c1-46(2)33-21-11-13-23-37(33)50(29-17-7-4-8-18-29)39-25-32-30-19-9-12-22-36(30)51(38(32)26-34(39)46)45-48-43-31-20-10-14-24-40(31)52-41-27-35(28-15-5-3-6-16-28)47-44(49-45)42(41)43/h3-26,41H,27H2,1-2H3. The van der Waals surface area contributed by atoms with Crippen LogP contribution in [0.1, 0.15) is 47.8 Å². The SMILES string of the molecule is CC1(C)c2ccccc2N(c2ccccc2)c2cc3c4ccccc4n(-c4nc5c6c(n4)-c4ccccc4SC6CC(c4ccccc4)=N5)c3cc21. The fourth-order valence-corrected chi connectivity index (χ4v) is 9.98. The maximum Gasteiger partial charge on any atom is 0.237 e. The van der Waals surface area contributed by atoms with Crippen LogP contribution in [0.5, 0.6) is 0 Å². The number of benzene rings is 6. The Balaban J connectivity index is 1.21. The second-order valence-electron chi connectivity index (χ2n) is 14.4. The summed E-state index contributed by atoms with van der Waals surface area (Å²) in [5.74, 6) is 1.41. The van der Waals surface area contributed by atoms with Gasteiger partial charge in [-0.2, -0.15) is 4.98 Å². The highest BCUT2D eigenvalue weighted by Crippen LogP contribution is 2.56. The summed E-state index contributed by atoms with van der Waals surface area (Å²) < 4.78 is 2.27. The molecule has 3 aliphatic rings. The number of hydrogen-bond donors (Lipinski definition) is 0. The highest BCUT2D eigenvalue weighted by atomic mass is 32.2. The molecule has 6 aromatic carbocycles. The van der Waals surface area contributed by atoms with Gasteiger partial charge < -0.3 is 4.90 Å². The molecule has 0 fully saturated rings. The molecule has 5 nitrogen and oxygen atoms in total. The number of hydrogen-bond acceptors (Lipinski definition) is 5. The number of thioether (sulfide) groups is 1. The lowest BCUT2D eigenvalue weighted by molar-refractivity contribution is 0.632. The van der Waals surface area contributed by atoms with Gasteiger partial charge in [0.15, 0.2) is 5.82 Å². The van der Waals surface area contributed by atoms with Crippen LogP contribution in [0.3, 0.4) is 0 Å². The van der Waals surface area contributed by atoms with E-state index in [-0.39, 0.29) is 10.7 Å². The summed E-state index contributed by atoms with van der Waals surface area (Å²) in [6, 6.07) is 52.2. The number of aromatic nitrogens is 3. The van der Waals surface area contributed by atoms with Gasteiger partial charge in [-0.15, -0.1) is 11.8 Å². The molecule has 0 aliphatic carbocycles. The van der Waals surface area contributed by atoms with Crippen molar-refractivity contribution in [3.05, 3.63) is 168 Å². The Hall–Kier alpha value is -5.98. The lowest BCUT2D eigenvalue weighted by Crippen LogP contribution is -2.30. The van der Waals surface area contributed by atoms with E-state index in [0.717, 1.165) is 57.1 Å². The van der Waals surface area contributed by atoms with Crippen LogP contribution in [-0.2, 0) is 5.41 Å². The molecule has 0 saturated heterocycles. The van der Waals surface area contributed by atoms with E-state index >= 15 is 0 Å². The Morgan fingerprint density at radius 1 is 0.654 bits per heavy atom. The Morgan fingerprint density at radius 3 is 2.25 bits per heavy atom. The van der Waals surface area contributed by atoms with Gasteiger partial charge in [0.25, 0.3) is 0 Å². The first kappa shape index (κ1) is 29.7. The summed E-state index contributed by atoms with van der Waals surface area (Å²) in [5, 5.41) is 2.53. The van der Waals surface area contributed by atoms with Crippen molar-refractivity contribution in [1.29, 1.82) is 0 Å². The third-order valence-corrected chi connectivity index (χ3v) is 12.4. The predicted octanol–water partition coefficient (Wildman–Crippen LogP) is 12.0. The molecule has 2 aromatic heterocycles. The first-order valence-electron chi connectivity index (χ1n) is 17.9. The molecular weight excluding hydrogens is 655 g/mol. The van der Waals surface area contributed by atoms with E-state index in [0.29, 0.717) is 5.95 Å². The molecule has 0 amide bonds. The Morgan fingerprint density at radius 2 is 1.38 bits per heavy atom. The molecule has 52 heavy (non-hydrogen) atoms. The Labute approximate surface area is 306 Å². The van der Waals surface area contributed by atoms with Crippen LogP contribution < -0.4 is 4.90 Å². The summed E-state index contributed by atoms with van der Waals surface area (Å²) in [4.78, 5) is 19.9. The van der Waals surface area contributed by atoms with Crippen molar-refractivity contribution >= 4 is 62.2 Å². The van der Waals surface area contributed by atoms with Crippen molar-refractivity contribution in [2.24, 2.45) is 4.99 Å². The maximum absolute atomic E-state index is 5.49. The molecule has 0 spiro atoms. The number of aliphatic imine (C=N–C) groups is 1. The molecule has 8 aromatic rings. The number of para-hydroxylation sites is 3. The topological polar surface area (TPSA) is 46.3 Å². The molecule has 1 atom stereocenters. The number of anilines is 3. The molecule has 0 radical (unpaired) electrons. The van der Waals surface area contributed by atoms with Crippen LogP contribution in [0.15, 0.2) is 155 Å². The Kier molecular flexibility index (Phi) is 6.29. The van der Waals surface area contributed by atoms with E-state index in [1.54, 1.807) is 0 Å². The van der Waals surface area contributed by atoms with Crippen LogP contribution >= 0.6 is 11.8 Å². The predicted molar refractivity (Wildman–Crippen MR) is 214 cm³/mol. The molecular formula is C46H33N5S. The smallest absolute Gasteiger partial charge is 0.237 e. The van der Waals surface area contributed by atoms with E-state index in [4.69, 9.17) is 15.0 Å². The molecule has 1 unspecified atom stereocenters. The highest BCUT2D eigenvalue weighted by Gasteiger charge is 2.39. The molecule has 0 bridgehead atoms. The number of rotatable bonds is 3. The lowest BCUT2D eigenvalue weighted by atomic mass is 9.73. The minimum Gasteiger partial charge on any atom is -0.310 e. The average Bonchev–Trinajstić information content (AvgIpc) is 3.51. The van der Waals surface area contributed by atoms with Crippen LogP contribution in [0, 0.1) is 0 Å². The summed E-state index contributed by atoms with van der Waals surface area (Å²) in [7, 11) is 0. The first-order valence-corrected chi connectivity index (χ1v) is 18.8. The minimum absolute atomic E-state index is 0.191. The Bertz CT molecular complexity index is 2780. The van der Waals surface area contributed by atoms with Crippen molar-refractivity contribution in [2.75, 3.05) is 4.90 Å². The van der Waals surface area contributed by atoms with Crippen LogP contribution in [0.2, 0.25) is 0 Å². The van der Waals surface area contributed by atoms with Gasteiger partial charge in [0.1, 0.15) is 0 Å². The van der Waals surface area contributed by atoms with Crippen molar-refractivity contribution in [1.82, 2.24) is 14.5 Å². The first-order chi connectivity index (χ1) is 25.5. The van der Waals surface area contributed by atoms with Crippen molar-refractivity contribution in [3.8, 4) is 17.2 Å². The van der Waals surface area contributed by atoms with Crippen molar-refractivity contribution < 1.29 is 0 Å². The van der Waals surface area contributed by atoms with E-state index in [2.05, 4.69) is 169 Å². The van der Waals surface area contributed by atoms with Crippen molar-refractivity contribution in [2.45, 2.75) is 35.8 Å². The van der Waals surface area contributed by atoms with Gasteiger partial charge in [-0.3, -0.25) is 4.57 Å². The zero-order valence-corrected chi connectivity index (χ0v) is 29.6. The number of fused-ring (bicyclic) bond motifs is 7. The zero-order valence-electron chi connectivity index (χ0n) is 28.8. The quantitative estimate of drug-likeness (QED) is 0.185. The molecule has 0 saturated carbocycles. The normalized spacial score (nSPS) is 16.5. The second kappa shape index (κ2) is 11.0. The molecule has 5 heterocycles. The highest BCUT2D eigenvalue weighted by molar-refractivity contribution is 7.99. The largest absolute Gasteiger partial charge is 0.310 e. The molecule has 11 rings (SSSR count). The van der Waals surface area contributed by atoms with Gasteiger partial charge in [-0.1, -0.05) is 117 Å². The van der Waals surface area contributed by atoms with Gasteiger partial charge in [-0.05, 0) is 59.2 Å². The van der Waals surface area contributed by atoms with Gasteiger partial charge in [-0.25, -0.2) is 9.98 Å². The van der Waals surface area contributed by atoms with Crippen LogP contribution in [-0.4, -0.2) is 20.2 Å². The zero-order chi connectivity index (χ0) is 34.6. The van der Waals surface area contributed by atoms with Gasteiger partial charge >= 0.3 is 0 Å². The van der Waals surface area contributed by atoms with E-state index in [1.165, 1.54) is 38.2 Å². The fourth-order valence-electron chi connectivity index (χ4n) is 8.65. The third-order valence-electron chi connectivity index (χ3n) is 11.1. The fraction of sp³-hybridized carbons (Fsp3) is 0.109. The third kappa shape index (κ3) is 4.22. The lowest BCUT2D eigenvalue weighted by Gasteiger charge is -2.42. The van der Waals surface area contributed by atoms with E-state index in [1.807, 2.05) is 11.8 Å². The second-order valence-corrected chi connectivity index (χ2v) is 15.6. The summed E-state index contributed by atoms with van der Waals surface area (Å²) in [6.07, 6.45) is 0.835. The summed E-state index contributed by atoms with van der Waals surface area (Å²) >= 11 is 1.91. The molecule has 0 N–H and O–H groups in total. The van der Waals surface area contributed by atoms with Crippen LogP contribution in [0.25, 0.3) is 39.0 Å². The van der Waals surface area contributed by atoms with Gasteiger partial charge in [0.2, 0.25) is 5.95 Å². The van der Waals surface area contributed by atoms with Gasteiger partial charge in [0.05, 0.1) is 33.8 Å². The van der Waals surface area contributed by atoms with Crippen LogP contribution in [0.4, 0.5) is 22.9 Å². The molecule has 248 valence electrons. The molecule has 6 heteroatoms.